The van der Waals surface area contributed by atoms with Crippen molar-refractivity contribution in [2.75, 3.05) is 39.3 Å². The maximum atomic E-state index is 11.8. The van der Waals surface area contributed by atoms with Crippen molar-refractivity contribution in [3.63, 3.8) is 0 Å². The van der Waals surface area contributed by atoms with Crippen LogP contribution in [-0.2, 0) is 11.2 Å². The lowest BCUT2D eigenvalue weighted by Crippen LogP contribution is -2.44. The summed E-state index contributed by atoms with van der Waals surface area (Å²) in [6.07, 6.45) is 1.51. The Morgan fingerprint density at radius 1 is 1.25 bits per heavy atom. The highest BCUT2D eigenvalue weighted by Gasteiger charge is 2.08. The summed E-state index contributed by atoms with van der Waals surface area (Å²) in [6.45, 7) is 8.31. The second kappa shape index (κ2) is 8.02. The second-order valence-corrected chi connectivity index (χ2v) is 5.46. The van der Waals surface area contributed by atoms with E-state index in [1.165, 1.54) is 5.56 Å². The van der Waals surface area contributed by atoms with E-state index < -0.39 is 0 Å². The van der Waals surface area contributed by atoms with Crippen LogP contribution in [0, 0.1) is 6.92 Å². The van der Waals surface area contributed by atoms with Gasteiger partial charge in [-0.2, -0.15) is 0 Å². The van der Waals surface area contributed by atoms with Gasteiger partial charge >= 0.3 is 0 Å². The second-order valence-electron chi connectivity index (χ2n) is 5.46. The fourth-order valence-corrected chi connectivity index (χ4v) is 2.42. The van der Waals surface area contributed by atoms with E-state index in [9.17, 15) is 4.79 Å². The fourth-order valence-electron chi connectivity index (χ4n) is 2.42. The Labute approximate surface area is 121 Å². The Bertz CT molecular complexity index is 410. The van der Waals surface area contributed by atoms with Crippen LogP contribution in [-0.4, -0.2) is 50.1 Å². The van der Waals surface area contributed by atoms with Gasteiger partial charge in [0.25, 0.3) is 0 Å². The monoisotopic (exact) mass is 275 g/mol. The van der Waals surface area contributed by atoms with Gasteiger partial charge in [0, 0.05) is 32.7 Å². The number of benzene rings is 1. The van der Waals surface area contributed by atoms with Gasteiger partial charge in [0.05, 0.1) is 6.42 Å². The topological polar surface area (TPSA) is 44.4 Å². The number of piperazine rings is 1. The summed E-state index contributed by atoms with van der Waals surface area (Å²) < 4.78 is 0. The van der Waals surface area contributed by atoms with Gasteiger partial charge in [0.2, 0.25) is 5.91 Å². The summed E-state index contributed by atoms with van der Waals surface area (Å²) in [4.78, 5) is 14.3. The molecule has 1 aromatic carbocycles. The average molecular weight is 275 g/mol. The van der Waals surface area contributed by atoms with Crippen molar-refractivity contribution in [3.05, 3.63) is 35.4 Å². The predicted octanol–water partition coefficient (Wildman–Crippen LogP) is 0.949. The summed E-state index contributed by atoms with van der Waals surface area (Å²) in [7, 11) is 0. The van der Waals surface area contributed by atoms with Gasteiger partial charge < -0.3 is 15.5 Å². The summed E-state index contributed by atoms with van der Waals surface area (Å²) in [6, 6.07) is 8.14. The van der Waals surface area contributed by atoms with Crippen LogP contribution in [0.4, 0.5) is 0 Å². The van der Waals surface area contributed by atoms with Crippen molar-refractivity contribution in [1.82, 2.24) is 15.5 Å². The van der Waals surface area contributed by atoms with Crippen LogP contribution >= 0.6 is 0 Å². The molecule has 20 heavy (non-hydrogen) atoms. The van der Waals surface area contributed by atoms with Crippen molar-refractivity contribution >= 4 is 5.91 Å². The molecule has 1 aliphatic heterocycles. The van der Waals surface area contributed by atoms with E-state index in [1.807, 2.05) is 24.3 Å². The lowest BCUT2D eigenvalue weighted by molar-refractivity contribution is -0.120. The van der Waals surface area contributed by atoms with Gasteiger partial charge in [-0.3, -0.25) is 4.79 Å². The molecule has 4 heteroatoms. The zero-order valence-electron chi connectivity index (χ0n) is 12.3. The molecule has 0 aliphatic carbocycles. The first-order valence-corrected chi connectivity index (χ1v) is 7.49. The predicted molar refractivity (Wildman–Crippen MR) is 81.8 cm³/mol. The largest absolute Gasteiger partial charge is 0.356 e. The lowest BCUT2D eigenvalue weighted by atomic mass is 10.1. The van der Waals surface area contributed by atoms with Crippen molar-refractivity contribution in [1.29, 1.82) is 0 Å². The Balaban J connectivity index is 1.59. The normalized spacial score (nSPS) is 16.1. The molecule has 0 bridgehead atoms. The van der Waals surface area contributed by atoms with E-state index in [4.69, 9.17) is 0 Å². The number of nitrogens with zero attached hydrogens (tertiary/aromatic N) is 1. The van der Waals surface area contributed by atoms with Crippen LogP contribution in [0.5, 0.6) is 0 Å². The first-order valence-electron chi connectivity index (χ1n) is 7.49. The summed E-state index contributed by atoms with van der Waals surface area (Å²) in [5, 5.41) is 6.35. The molecule has 0 radical (unpaired) electrons. The molecular weight excluding hydrogens is 250 g/mol. The number of nitrogens with one attached hydrogen (secondary N) is 2. The zero-order chi connectivity index (χ0) is 14.2. The van der Waals surface area contributed by atoms with Gasteiger partial charge in [-0.15, -0.1) is 0 Å². The quantitative estimate of drug-likeness (QED) is 0.760. The molecule has 1 heterocycles. The highest BCUT2D eigenvalue weighted by atomic mass is 16.1. The molecule has 1 fully saturated rings. The standard InChI is InChI=1S/C16H25N3O/c1-14-3-5-15(6-4-14)13-16(20)18-7-2-10-19-11-8-17-9-12-19/h3-6,17H,2,7-13H2,1H3,(H,18,20). The van der Waals surface area contributed by atoms with Crippen LogP contribution < -0.4 is 10.6 Å². The van der Waals surface area contributed by atoms with E-state index in [2.05, 4.69) is 22.5 Å². The molecule has 1 amide bonds. The number of hydrogen-bond donors (Lipinski definition) is 2. The molecular formula is C16H25N3O. The van der Waals surface area contributed by atoms with Crippen LogP contribution in [0.3, 0.4) is 0 Å². The molecule has 2 N–H and O–H groups in total. The third-order valence-corrected chi connectivity index (χ3v) is 3.67. The molecule has 4 nitrogen and oxygen atoms in total. The van der Waals surface area contributed by atoms with Crippen LogP contribution in [0.15, 0.2) is 24.3 Å². The third-order valence-electron chi connectivity index (χ3n) is 3.67. The van der Waals surface area contributed by atoms with Gasteiger partial charge in [0.15, 0.2) is 0 Å². The molecule has 0 unspecified atom stereocenters. The van der Waals surface area contributed by atoms with E-state index in [0.717, 1.165) is 51.3 Å². The van der Waals surface area contributed by atoms with Crippen LogP contribution in [0.25, 0.3) is 0 Å². The number of hydrogen-bond acceptors (Lipinski definition) is 3. The number of carbonyl (C=O) groups excluding carboxylic acids is 1. The molecule has 0 aromatic heterocycles. The molecule has 2 rings (SSSR count). The molecule has 0 spiro atoms. The Morgan fingerprint density at radius 2 is 1.95 bits per heavy atom. The number of amides is 1. The fraction of sp³-hybridized carbons (Fsp3) is 0.562. The number of aryl methyl sites for hydroxylation is 1. The van der Waals surface area contributed by atoms with Gasteiger partial charge in [-0.25, -0.2) is 0 Å². The Morgan fingerprint density at radius 3 is 2.65 bits per heavy atom. The highest BCUT2D eigenvalue weighted by Crippen LogP contribution is 2.03. The summed E-state index contributed by atoms with van der Waals surface area (Å²) in [5.41, 5.74) is 2.31. The molecule has 1 aliphatic rings. The summed E-state index contributed by atoms with van der Waals surface area (Å²) in [5.74, 6) is 0.120. The average Bonchev–Trinajstić information content (AvgIpc) is 2.47. The molecule has 1 aromatic rings. The molecule has 0 saturated carbocycles. The van der Waals surface area contributed by atoms with E-state index in [0.29, 0.717) is 6.42 Å². The van der Waals surface area contributed by atoms with Crippen molar-refractivity contribution in [2.24, 2.45) is 0 Å². The first kappa shape index (κ1) is 15.0. The minimum absolute atomic E-state index is 0.120. The zero-order valence-corrected chi connectivity index (χ0v) is 12.3. The SMILES string of the molecule is Cc1ccc(CC(=O)NCCCN2CCNCC2)cc1. The van der Waals surface area contributed by atoms with Crippen LogP contribution in [0.2, 0.25) is 0 Å². The molecule has 0 atom stereocenters. The van der Waals surface area contributed by atoms with Gasteiger partial charge in [-0.05, 0) is 25.5 Å². The minimum atomic E-state index is 0.120. The van der Waals surface area contributed by atoms with Crippen molar-refractivity contribution in [2.45, 2.75) is 19.8 Å². The minimum Gasteiger partial charge on any atom is -0.356 e. The Hall–Kier alpha value is -1.39. The van der Waals surface area contributed by atoms with E-state index in [1.54, 1.807) is 0 Å². The summed E-state index contributed by atoms with van der Waals surface area (Å²) >= 11 is 0. The molecule has 110 valence electrons. The van der Waals surface area contributed by atoms with Gasteiger partial charge in [-0.1, -0.05) is 29.8 Å². The van der Waals surface area contributed by atoms with Crippen molar-refractivity contribution in [3.8, 4) is 0 Å². The van der Waals surface area contributed by atoms with Gasteiger partial charge in [0.1, 0.15) is 0 Å². The number of rotatable bonds is 6. The van der Waals surface area contributed by atoms with E-state index >= 15 is 0 Å². The highest BCUT2D eigenvalue weighted by molar-refractivity contribution is 5.78. The third kappa shape index (κ3) is 5.31. The smallest absolute Gasteiger partial charge is 0.224 e. The maximum Gasteiger partial charge on any atom is 0.224 e. The van der Waals surface area contributed by atoms with Crippen LogP contribution in [0.1, 0.15) is 17.5 Å². The van der Waals surface area contributed by atoms with Crippen molar-refractivity contribution < 1.29 is 4.79 Å². The lowest BCUT2D eigenvalue weighted by Gasteiger charge is -2.27. The number of carbonyl (C=O) groups is 1. The molecule has 1 saturated heterocycles. The Kier molecular flexibility index (Phi) is 6.02. The maximum absolute atomic E-state index is 11.8. The van der Waals surface area contributed by atoms with E-state index in [-0.39, 0.29) is 5.91 Å². The first-order chi connectivity index (χ1) is 9.74.